The molecule has 0 amide bonds. The van der Waals surface area contributed by atoms with Crippen LogP contribution >= 0.6 is 23.2 Å². The Kier molecular flexibility index (Phi) is 4.24. The van der Waals surface area contributed by atoms with E-state index in [1.165, 1.54) is 12.1 Å². The van der Waals surface area contributed by atoms with Gasteiger partial charge in [-0.05, 0) is 19.1 Å². The summed E-state index contributed by atoms with van der Waals surface area (Å²) in [7, 11) is 0. The van der Waals surface area contributed by atoms with Crippen LogP contribution in [0.5, 0.6) is 5.75 Å². The van der Waals surface area contributed by atoms with E-state index >= 15 is 0 Å². The number of hydrogen-bond donors (Lipinski definition) is 1. The van der Waals surface area contributed by atoms with E-state index in [1.54, 1.807) is 6.92 Å². The molecule has 82 valence electrons. The van der Waals surface area contributed by atoms with Crippen molar-refractivity contribution in [2.75, 3.05) is 6.61 Å². The fourth-order valence-corrected chi connectivity index (χ4v) is 1.66. The number of carbonyl (C=O) groups is 1. The van der Waals surface area contributed by atoms with Crippen molar-refractivity contribution in [1.29, 1.82) is 0 Å². The van der Waals surface area contributed by atoms with Gasteiger partial charge in [-0.3, -0.25) is 4.79 Å². The highest BCUT2D eigenvalue weighted by atomic mass is 35.5. The number of phenols is 1. The first kappa shape index (κ1) is 12.1. The molecule has 0 radical (unpaired) electrons. The zero-order valence-corrected chi connectivity index (χ0v) is 9.60. The third-order valence-corrected chi connectivity index (χ3v) is 2.25. The van der Waals surface area contributed by atoms with E-state index in [0.29, 0.717) is 17.2 Å². The van der Waals surface area contributed by atoms with E-state index in [9.17, 15) is 9.90 Å². The summed E-state index contributed by atoms with van der Waals surface area (Å²) in [6, 6.07) is 2.90. The summed E-state index contributed by atoms with van der Waals surface area (Å²) in [6.07, 6.45) is -0.0417. The average Bonchev–Trinajstić information content (AvgIpc) is 2.13. The SMILES string of the molecule is CCOC(=O)Cc1cc(Cl)cc(Cl)c1O. The second-order valence-electron chi connectivity index (χ2n) is 2.88. The number of hydrogen-bond acceptors (Lipinski definition) is 3. The van der Waals surface area contributed by atoms with Crippen LogP contribution in [-0.4, -0.2) is 17.7 Å². The normalized spacial score (nSPS) is 10.1. The Hall–Kier alpha value is -0.930. The molecule has 0 heterocycles. The highest BCUT2D eigenvalue weighted by molar-refractivity contribution is 6.35. The van der Waals surface area contributed by atoms with Gasteiger partial charge in [-0.2, -0.15) is 0 Å². The maximum absolute atomic E-state index is 11.2. The van der Waals surface area contributed by atoms with E-state index in [1.807, 2.05) is 0 Å². The lowest BCUT2D eigenvalue weighted by atomic mass is 10.1. The lowest BCUT2D eigenvalue weighted by molar-refractivity contribution is -0.142. The third kappa shape index (κ3) is 3.29. The fraction of sp³-hybridized carbons (Fsp3) is 0.300. The van der Waals surface area contributed by atoms with Gasteiger partial charge < -0.3 is 9.84 Å². The van der Waals surface area contributed by atoms with E-state index in [0.717, 1.165) is 0 Å². The molecule has 3 nitrogen and oxygen atoms in total. The highest BCUT2D eigenvalue weighted by Crippen LogP contribution is 2.31. The predicted molar refractivity (Wildman–Crippen MR) is 58.5 cm³/mol. The minimum atomic E-state index is -0.425. The highest BCUT2D eigenvalue weighted by Gasteiger charge is 2.12. The smallest absolute Gasteiger partial charge is 0.310 e. The largest absolute Gasteiger partial charge is 0.506 e. The van der Waals surface area contributed by atoms with Crippen molar-refractivity contribution in [3.8, 4) is 5.75 Å². The van der Waals surface area contributed by atoms with Crippen LogP contribution in [0.1, 0.15) is 12.5 Å². The third-order valence-electron chi connectivity index (χ3n) is 1.75. The number of benzene rings is 1. The van der Waals surface area contributed by atoms with Crippen LogP contribution in [0, 0.1) is 0 Å². The Labute approximate surface area is 97.6 Å². The molecule has 0 atom stereocenters. The van der Waals surface area contributed by atoms with Gasteiger partial charge in [0.05, 0.1) is 18.1 Å². The molecule has 0 unspecified atom stereocenters. The molecule has 1 aromatic carbocycles. The Morgan fingerprint density at radius 3 is 2.73 bits per heavy atom. The van der Waals surface area contributed by atoms with Crippen LogP contribution in [0.4, 0.5) is 0 Å². The average molecular weight is 249 g/mol. The first-order valence-electron chi connectivity index (χ1n) is 4.37. The van der Waals surface area contributed by atoms with Crippen molar-refractivity contribution in [2.45, 2.75) is 13.3 Å². The summed E-state index contributed by atoms with van der Waals surface area (Å²) in [4.78, 5) is 11.2. The predicted octanol–water partition coefficient (Wildman–Crippen LogP) is 2.80. The number of halogens is 2. The number of rotatable bonds is 3. The van der Waals surface area contributed by atoms with E-state index < -0.39 is 5.97 Å². The van der Waals surface area contributed by atoms with Crippen LogP contribution in [0.2, 0.25) is 10.0 Å². The second kappa shape index (κ2) is 5.24. The van der Waals surface area contributed by atoms with Gasteiger partial charge in [0.15, 0.2) is 0 Å². The number of phenolic OH excluding ortho intramolecular Hbond substituents is 1. The number of ether oxygens (including phenoxy) is 1. The van der Waals surface area contributed by atoms with Gasteiger partial charge in [0.2, 0.25) is 0 Å². The topological polar surface area (TPSA) is 46.5 Å². The minimum Gasteiger partial charge on any atom is -0.506 e. The van der Waals surface area contributed by atoms with Crippen molar-refractivity contribution in [3.05, 3.63) is 27.7 Å². The second-order valence-corrected chi connectivity index (χ2v) is 3.72. The van der Waals surface area contributed by atoms with Gasteiger partial charge in [-0.25, -0.2) is 0 Å². The molecule has 0 aliphatic heterocycles. The molecular formula is C10H10Cl2O3. The fourth-order valence-electron chi connectivity index (χ4n) is 1.12. The molecule has 0 spiro atoms. The van der Waals surface area contributed by atoms with Gasteiger partial charge in [-0.1, -0.05) is 23.2 Å². The molecule has 0 aliphatic carbocycles. The summed E-state index contributed by atoms with van der Waals surface area (Å²) in [5.74, 6) is -0.555. The maximum Gasteiger partial charge on any atom is 0.310 e. The molecule has 0 aliphatic rings. The van der Waals surface area contributed by atoms with E-state index in [2.05, 4.69) is 0 Å². The number of aromatic hydroxyl groups is 1. The standard InChI is InChI=1S/C10H10Cl2O3/c1-2-15-9(13)4-6-3-7(11)5-8(12)10(6)14/h3,5,14H,2,4H2,1H3. The maximum atomic E-state index is 11.2. The quantitative estimate of drug-likeness (QED) is 0.838. The Bertz CT molecular complexity index is 377. The van der Waals surface area contributed by atoms with Gasteiger partial charge in [0.1, 0.15) is 5.75 Å². The monoisotopic (exact) mass is 248 g/mol. The molecular weight excluding hydrogens is 239 g/mol. The van der Waals surface area contributed by atoms with Crippen LogP contribution in [0.15, 0.2) is 12.1 Å². The van der Waals surface area contributed by atoms with Crippen molar-refractivity contribution in [3.63, 3.8) is 0 Å². The van der Waals surface area contributed by atoms with Crippen molar-refractivity contribution in [1.82, 2.24) is 0 Å². The zero-order chi connectivity index (χ0) is 11.4. The first-order valence-corrected chi connectivity index (χ1v) is 5.12. The van der Waals surface area contributed by atoms with E-state index in [4.69, 9.17) is 27.9 Å². The van der Waals surface area contributed by atoms with Crippen LogP contribution < -0.4 is 0 Å². The van der Waals surface area contributed by atoms with Crippen LogP contribution in [0.3, 0.4) is 0 Å². The molecule has 1 rings (SSSR count). The summed E-state index contributed by atoms with van der Waals surface area (Å²) >= 11 is 11.4. The molecule has 0 fully saturated rings. The molecule has 0 bridgehead atoms. The Morgan fingerprint density at radius 1 is 1.47 bits per heavy atom. The van der Waals surface area contributed by atoms with Crippen molar-refractivity contribution in [2.24, 2.45) is 0 Å². The number of esters is 1. The first-order chi connectivity index (χ1) is 7.04. The minimum absolute atomic E-state index is 0.0417. The van der Waals surface area contributed by atoms with Gasteiger partial charge >= 0.3 is 5.97 Å². The summed E-state index contributed by atoms with van der Waals surface area (Å²) in [5, 5.41) is 10.0. The lowest BCUT2D eigenvalue weighted by Gasteiger charge is -2.06. The van der Waals surface area contributed by atoms with Crippen LogP contribution in [0.25, 0.3) is 0 Å². The lowest BCUT2D eigenvalue weighted by Crippen LogP contribution is -2.07. The van der Waals surface area contributed by atoms with Gasteiger partial charge in [0.25, 0.3) is 0 Å². The van der Waals surface area contributed by atoms with Crippen molar-refractivity contribution >= 4 is 29.2 Å². The molecule has 15 heavy (non-hydrogen) atoms. The molecule has 0 saturated heterocycles. The summed E-state index contributed by atoms with van der Waals surface area (Å²) in [6.45, 7) is 2.01. The summed E-state index contributed by atoms with van der Waals surface area (Å²) < 4.78 is 4.74. The van der Waals surface area contributed by atoms with Gasteiger partial charge in [0, 0.05) is 10.6 Å². The molecule has 0 saturated carbocycles. The van der Waals surface area contributed by atoms with Gasteiger partial charge in [-0.15, -0.1) is 0 Å². The summed E-state index contributed by atoms with van der Waals surface area (Å²) in [5.41, 5.74) is 0.367. The van der Waals surface area contributed by atoms with Crippen molar-refractivity contribution < 1.29 is 14.6 Å². The molecule has 0 aromatic heterocycles. The van der Waals surface area contributed by atoms with Crippen LogP contribution in [-0.2, 0) is 16.0 Å². The molecule has 1 aromatic rings. The Balaban J connectivity index is 2.89. The van der Waals surface area contributed by atoms with E-state index in [-0.39, 0.29) is 17.2 Å². The molecule has 5 heteroatoms. The Morgan fingerprint density at radius 2 is 2.13 bits per heavy atom. The molecule has 1 N–H and O–H groups in total. The number of carbonyl (C=O) groups excluding carboxylic acids is 1. The zero-order valence-electron chi connectivity index (χ0n) is 8.09.